The number of carbonyl (C=O) groups is 1. The van der Waals surface area contributed by atoms with Crippen LogP contribution in [-0.2, 0) is 6.54 Å². The van der Waals surface area contributed by atoms with Crippen LogP contribution in [0, 0.1) is 5.82 Å². The predicted octanol–water partition coefficient (Wildman–Crippen LogP) is 4.48. The van der Waals surface area contributed by atoms with Gasteiger partial charge in [-0.2, -0.15) is 0 Å². The highest BCUT2D eigenvalue weighted by atomic mass is 35.5. The van der Waals surface area contributed by atoms with Crippen molar-refractivity contribution >= 4 is 34.9 Å². The van der Waals surface area contributed by atoms with Gasteiger partial charge < -0.3 is 10.2 Å². The Kier molecular flexibility index (Phi) is 5.78. The molecular formula is C18H18Cl2FN3O. The van der Waals surface area contributed by atoms with Crippen LogP contribution in [0.4, 0.5) is 14.9 Å². The molecule has 3 rings (SSSR count). The minimum absolute atomic E-state index is 0.137. The fourth-order valence-electron chi connectivity index (χ4n) is 2.74. The van der Waals surface area contributed by atoms with Crippen LogP contribution in [-0.4, -0.2) is 42.0 Å². The quantitative estimate of drug-likeness (QED) is 0.850. The van der Waals surface area contributed by atoms with E-state index in [1.807, 2.05) is 24.3 Å². The Bertz CT molecular complexity index is 746. The molecule has 1 N–H and O–H groups in total. The maximum atomic E-state index is 13.8. The van der Waals surface area contributed by atoms with Crippen LogP contribution < -0.4 is 5.32 Å². The largest absolute Gasteiger partial charge is 0.322 e. The topological polar surface area (TPSA) is 35.6 Å². The molecule has 0 aliphatic carbocycles. The SMILES string of the molecule is O=C(Nc1ccc(Cl)cc1F)N1CCN(Cc2ccc(Cl)cc2)CC1. The summed E-state index contributed by atoms with van der Waals surface area (Å²) in [7, 11) is 0. The highest BCUT2D eigenvalue weighted by Crippen LogP contribution is 2.19. The number of carbonyl (C=O) groups excluding carboxylic acids is 1. The van der Waals surface area contributed by atoms with Gasteiger partial charge >= 0.3 is 6.03 Å². The normalized spacial score (nSPS) is 15.2. The predicted molar refractivity (Wildman–Crippen MR) is 98.7 cm³/mol. The average Bonchev–Trinajstić information content (AvgIpc) is 2.60. The monoisotopic (exact) mass is 381 g/mol. The van der Waals surface area contributed by atoms with Crippen LogP contribution in [0.15, 0.2) is 42.5 Å². The van der Waals surface area contributed by atoms with Gasteiger partial charge in [-0.1, -0.05) is 35.3 Å². The number of nitrogens with one attached hydrogen (secondary N) is 1. The van der Waals surface area contributed by atoms with Gasteiger partial charge in [0.2, 0.25) is 0 Å². The minimum Gasteiger partial charge on any atom is -0.322 e. The molecule has 7 heteroatoms. The molecule has 1 heterocycles. The Morgan fingerprint density at radius 1 is 1.00 bits per heavy atom. The molecule has 2 aromatic rings. The van der Waals surface area contributed by atoms with E-state index in [0.717, 1.165) is 24.7 Å². The minimum atomic E-state index is -0.540. The highest BCUT2D eigenvalue weighted by Gasteiger charge is 2.21. The first-order valence-corrected chi connectivity index (χ1v) is 8.74. The second-order valence-electron chi connectivity index (χ2n) is 5.94. The number of hydrogen-bond acceptors (Lipinski definition) is 2. The highest BCUT2D eigenvalue weighted by molar-refractivity contribution is 6.30. The number of hydrogen-bond donors (Lipinski definition) is 1. The molecule has 0 aromatic heterocycles. The number of nitrogens with zero attached hydrogens (tertiary/aromatic N) is 2. The second-order valence-corrected chi connectivity index (χ2v) is 6.82. The van der Waals surface area contributed by atoms with Gasteiger partial charge in [0.25, 0.3) is 0 Å². The van der Waals surface area contributed by atoms with Crippen LogP contribution in [0.1, 0.15) is 5.56 Å². The number of urea groups is 1. The van der Waals surface area contributed by atoms with Gasteiger partial charge in [0.05, 0.1) is 5.69 Å². The standard InChI is InChI=1S/C18H18Cl2FN3O/c19-14-3-1-13(2-4-14)12-23-7-9-24(10-8-23)18(25)22-17-6-5-15(20)11-16(17)21/h1-6,11H,7-10,12H2,(H,22,25). The van der Waals surface area contributed by atoms with Crippen molar-refractivity contribution in [3.05, 3.63) is 63.9 Å². The van der Waals surface area contributed by atoms with Gasteiger partial charge in [0.15, 0.2) is 0 Å². The number of benzene rings is 2. The molecule has 132 valence electrons. The summed E-state index contributed by atoms with van der Waals surface area (Å²) >= 11 is 11.6. The molecule has 0 saturated carbocycles. The smallest absolute Gasteiger partial charge is 0.322 e. The molecule has 25 heavy (non-hydrogen) atoms. The van der Waals surface area contributed by atoms with E-state index in [1.165, 1.54) is 17.7 Å². The number of halogens is 3. The van der Waals surface area contributed by atoms with Crippen LogP contribution in [0.5, 0.6) is 0 Å². The van der Waals surface area contributed by atoms with Crippen molar-refractivity contribution in [3.63, 3.8) is 0 Å². The van der Waals surface area contributed by atoms with E-state index in [0.29, 0.717) is 18.1 Å². The van der Waals surface area contributed by atoms with E-state index < -0.39 is 5.82 Å². The summed E-state index contributed by atoms with van der Waals surface area (Å²) in [5.74, 6) is -0.540. The van der Waals surface area contributed by atoms with E-state index in [2.05, 4.69) is 10.2 Å². The summed E-state index contributed by atoms with van der Waals surface area (Å²) in [6.45, 7) is 3.53. The van der Waals surface area contributed by atoms with Crippen molar-refractivity contribution in [3.8, 4) is 0 Å². The number of rotatable bonds is 3. The lowest BCUT2D eigenvalue weighted by atomic mass is 10.2. The third-order valence-corrected chi connectivity index (χ3v) is 4.64. The first-order valence-electron chi connectivity index (χ1n) is 7.99. The van der Waals surface area contributed by atoms with Crippen molar-refractivity contribution in [2.45, 2.75) is 6.54 Å². The van der Waals surface area contributed by atoms with Gasteiger partial charge in [-0.15, -0.1) is 0 Å². The first kappa shape index (κ1) is 18.0. The maximum Gasteiger partial charge on any atom is 0.322 e. The van der Waals surface area contributed by atoms with E-state index in [9.17, 15) is 9.18 Å². The Labute approximate surface area is 156 Å². The molecule has 0 spiro atoms. The Hall–Kier alpha value is -1.82. The van der Waals surface area contributed by atoms with Crippen LogP contribution >= 0.6 is 23.2 Å². The summed E-state index contributed by atoms with van der Waals surface area (Å²) in [4.78, 5) is 16.2. The molecule has 2 aromatic carbocycles. The van der Waals surface area contributed by atoms with Crippen LogP contribution in [0.25, 0.3) is 0 Å². The zero-order valence-electron chi connectivity index (χ0n) is 13.5. The van der Waals surface area contributed by atoms with Crippen LogP contribution in [0.2, 0.25) is 10.0 Å². The molecule has 0 unspecified atom stereocenters. The lowest BCUT2D eigenvalue weighted by Gasteiger charge is -2.34. The van der Waals surface area contributed by atoms with Gasteiger partial charge in [-0.05, 0) is 35.9 Å². The third kappa shape index (κ3) is 4.84. The lowest BCUT2D eigenvalue weighted by molar-refractivity contribution is 0.143. The molecule has 2 amide bonds. The molecule has 4 nitrogen and oxygen atoms in total. The summed E-state index contributed by atoms with van der Waals surface area (Å²) in [6.07, 6.45) is 0. The fraction of sp³-hybridized carbons (Fsp3) is 0.278. The van der Waals surface area contributed by atoms with Gasteiger partial charge in [0, 0.05) is 42.8 Å². The fourth-order valence-corrected chi connectivity index (χ4v) is 3.03. The molecule has 0 atom stereocenters. The van der Waals surface area contributed by atoms with E-state index >= 15 is 0 Å². The van der Waals surface area contributed by atoms with Crippen molar-refractivity contribution in [1.82, 2.24) is 9.80 Å². The molecule has 1 aliphatic rings. The lowest BCUT2D eigenvalue weighted by Crippen LogP contribution is -2.49. The Morgan fingerprint density at radius 2 is 1.64 bits per heavy atom. The van der Waals surface area contributed by atoms with Crippen LogP contribution in [0.3, 0.4) is 0 Å². The Balaban J connectivity index is 1.51. The second kappa shape index (κ2) is 8.04. The molecule has 0 bridgehead atoms. The molecule has 1 aliphatic heterocycles. The van der Waals surface area contributed by atoms with Crippen molar-refractivity contribution in [2.75, 3.05) is 31.5 Å². The van der Waals surface area contributed by atoms with Gasteiger partial charge in [-0.25, -0.2) is 9.18 Å². The zero-order valence-corrected chi connectivity index (χ0v) is 15.0. The number of amides is 2. The van der Waals surface area contributed by atoms with Crippen molar-refractivity contribution in [1.29, 1.82) is 0 Å². The number of piperazine rings is 1. The van der Waals surface area contributed by atoms with E-state index in [4.69, 9.17) is 23.2 Å². The average molecular weight is 382 g/mol. The van der Waals surface area contributed by atoms with Crippen molar-refractivity contribution in [2.24, 2.45) is 0 Å². The van der Waals surface area contributed by atoms with E-state index in [1.54, 1.807) is 11.0 Å². The van der Waals surface area contributed by atoms with Gasteiger partial charge in [0.1, 0.15) is 5.82 Å². The van der Waals surface area contributed by atoms with Gasteiger partial charge in [-0.3, -0.25) is 4.90 Å². The van der Waals surface area contributed by atoms with Crippen molar-refractivity contribution < 1.29 is 9.18 Å². The third-order valence-electron chi connectivity index (χ3n) is 4.15. The molecule has 1 fully saturated rings. The summed E-state index contributed by atoms with van der Waals surface area (Å²) in [5.41, 5.74) is 1.32. The summed E-state index contributed by atoms with van der Waals surface area (Å²) < 4.78 is 13.8. The summed E-state index contributed by atoms with van der Waals surface area (Å²) in [6, 6.07) is 11.7. The first-order chi connectivity index (χ1) is 12.0. The molecular weight excluding hydrogens is 364 g/mol. The maximum absolute atomic E-state index is 13.8. The zero-order chi connectivity index (χ0) is 17.8. The molecule has 1 saturated heterocycles. The Morgan fingerprint density at radius 3 is 2.28 bits per heavy atom. The number of anilines is 1. The van der Waals surface area contributed by atoms with E-state index in [-0.39, 0.29) is 11.7 Å². The molecule has 0 radical (unpaired) electrons. The summed E-state index contributed by atoms with van der Waals surface area (Å²) in [5, 5.41) is 3.62.